The van der Waals surface area contributed by atoms with E-state index in [0.29, 0.717) is 22.3 Å². The van der Waals surface area contributed by atoms with Crippen LogP contribution in [0.3, 0.4) is 0 Å². The van der Waals surface area contributed by atoms with E-state index < -0.39 is 17.0 Å². The molecule has 0 spiro atoms. The molecule has 3 rings (SSSR count). The summed E-state index contributed by atoms with van der Waals surface area (Å²) in [6.07, 6.45) is 0.976. The summed E-state index contributed by atoms with van der Waals surface area (Å²) in [6, 6.07) is 7.04. The zero-order valence-corrected chi connectivity index (χ0v) is 12.5. The Balaban J connectivity index is 1.79. The molecule has 0 saturated carbocycles. The molecule has 118 valence electrons. The highest BCUT2D eigenvalue weighted by Gasteiger charge is 2.13. The molecule has 2 heterocycles. The summed E-state index contributed by atoms with van der Waals surface area (Å²) >= 11 is 1.19. The molecule has 9 heteroatoms. The maximum absolute atomic E-state index is 13.3. The van der Waals surface area contributed by atoms with Crippen LogP contribution in [0.5, 0.6) is 5.75 Å². The summed E-state index contributed by atoms with van der Waals surface area (Å²) in [5, 5.41) is 17.4. The summed E-state index contributed by atoms with van der Waals surface area (Å²) in [6.45, 7) is 0. The number of hydrogen-bond donors (Lipinski definition) is 2. The van der Waals surface area contributed by atoms with Crippen LogP contribution in [-0.2, 0) is 5.75 Å². The summed E-state index contributed by atoms with van der Waals surface area (Å²) in [7, 11) is 0. The lowest BCUT2D eigenvalue weighted by atomic mass is 10.2. The van der Waals surface area contributed by atoms with Crippen LogP contribution in [0.15, 0.2) is 51.0 Å². The molecule has 2 aromatic heterocycles. The molecule has 0 atom stereocenters. The van der Waals surface area contributed by atoms with Gasteiger partial charge in [0.2, 0.25) is 10.6 Å². The molecule has 1 aromatic carbocycles. The molecule has 0 aliphatic heterocycles. The van der Waals surface area contributed by atoms with Gasteiger partial charge in [0.25, 0.3) is 0 Å². The molecule has 0 radical (unpaired) electrons. The van der Waals surface area contributed by atoms with Crippen molar-refractivity contribution in [1.29, 1.82) is 0 Å². The number of rotatable bonds is 4. The first kappa shape index (κ1) is 15.1. The second-order valence-corrected chi connectivity index (χ2v) is 5.51. The van der Waals surface area contributed by atoms with Crippen molar-refractivity contribution >= 4 is 11.8 Å². The van der Waals surface area contributed by atoms with Crippen LogP contribution >= 0.6 is 11.8 Å². The van der Waals surface area contributed by atoms with Crippen LogP contribution in [0.4, 0.5) is 4.39 Å². The van der Waals surface area contributed by atoms with Gasteiger partial charge < -0.3 is 15.4 Å². The fourth-order valence-corrected chi connectivity index (χ4v) is 2.60. The third-order valence-corrected chi connectivity index (χ3v) is 3.92. The Morgan fingerprint density at radius 2 is 2.17 bits per heavy atom. The molecule has 0 fully saturated rings. The standard InChI is InChI=1S/C14H11FN4O3S/c15-9-3-1-2-8(4-9)13-17-18-14(19(13)16)23-7-10-5-11(20)12(21)6-22-10/h1-6,21H,7,16H2. The third kappa shape index (κ3) is 3.19. The molecule has 3 aromatic rings. The van der Waals surface area contributed by atoms with Gasteiger partial charge in [0.15, 0.2) is 11.6 Å². The maximum Gasteiger partial charge on any atom is 0.226 e. The first-order valence-corrected chi connectivity index (χ1v) is 7.43. The van der Waals surface area contributed by atoms with Crippen LogP contribution < -0.4 is 11.3 Å². The third-order valence-electron chi connectivity index (χ3n) is 2.96. The first-order chi connectivity index (χ1) is 11.0. The second-order valence-electron chi connectivity index (χ2n) is 4.57. The molecule has 0 bridgehead atoms. The lowest BCUT2D eigenvalue weighted by Crippen LogP contribution is -2.11. The number of nitrogens with two attached hydrogens (primary N) is 1. The molecular weight excluding hydrogens is 323 g/mol. The number of thioether (sulfide) groups is 1. The van der Waals surface area contributed by atoms with Gasteiger partial charge in [-0.2, -0.15) is 0 Å². The van der Waals surface area contributed by atoms with Crippen molar-refractivity contribution in [2.45, 2.75) is 10.9 Å². The molecule has 23 heavy (non-hydrogen) atoms. The van der Waals surface area contributed by atoms with Crippen molar-refractivity contribution in [1.82, 2.24) is 14.9 Å². The van der Waals surface area contributed by atoms with E-state index in [-0.39, 0.29) is 5.75 Å². The van der Waals surface area contributed by atoms with Gasteiger partial charge >= 0.3 is 0 Å². The predicted octanol–water partition coefficient (Wildman–Crippen LogP) is 1.75. The van der Waals surface area contributed by atoms with Crippen molar-refractivity contribution in [2.24, 2.45) is 0 Å². The first-order valence-electron chi connectivity index (χ1n) is 6.44. The Bertz CT molecular complexity index is 909. The average molecular weight is 334 g/mol. The van der Waals surface area contributed by atoms with E-state index in [1.807, 2.05) is 0 Å². The highest BCUT2D eigenvalue weighted by Crippen LogP contribution is 2.24. The summed E-state index contributed by atoms with van der Waals surface area (Å²) in [4.78, 5) is 11.3. The van der Waals surface area contributed by atoms with Crippen molar-refractivity contribution in [2.75, 3.05) is 5.84 Å². The molecule has 0 amide bonds. The highest BCUT2D eigenvalue weighted by atomic mass is 32.2. The SMILES string of the molecule is Nn1c(SCc2cc(=O)c(O)co2)nnc1-c1cccc(F)c1. The maximum atomic E-state index is 13.3. The van der Waals surface area contributed by atoms with E-state index >= 15 is 0 Å². The van der Waals surface area contributed by atoms with E-state index in [2.05, 4.69) is 10.2 Å². The zero-order chi connectivity index (χ0) is 16.4. The smallest absolute Gasteiger partial charge is 0.226 e. The van der Waals surface area contributed by atoms with E-state index in [1.165, 1.54) is 34.6 Å². The number of nitrogens with zero attached hydrogens (tertiary/aromatic N) is 3. The fourth-order valence-electron chi connectivity index (χ4n) is 1.86. The van der Waals surface area contributed by atoms with Gasteiger partial charge in [0.1, 0.15) is 17.8 Å². The van der Waals surface area contributed by atoms with E-state index in [9.17, 15) is 9.18 Å². The minimum atomic E-state index is -0.526. The number of aromatic nitrogens is 3. The van der Waals surface area contributed by atoms with Crippen LogP contribution in [-0.4, -0.2) is 20.0 Å². The van der Waals surface area contributed by atoms with Gasteiger partial charge in [-0.05, 0) is 12.1 Å². The second kappa shape index (κ2) is 6.13. The quantitative estimate of drug-likeness (QED) is 0.553. The van der Waals surface area contributed by atoms with Gasteiger partial charge in [-0.3, -0.25) is 4.79 Å². The van der Waals surface area contributed by atoms with Gasteiger partial charge in [-0.1, -0.05) is 23.9 Å². The Hall–Kier alpha value is -2.81. The number of nitrogen functional groups attached to an aromatic ring is 1. The van der Waals surface area contributed by atoms with Gasteiger partial charge in [0, 0.05) is 11.6 Å². The van der Waals surface area contributed by atoms with E-state index in [0.717, 1.165) is 6.26 Å². The fraction of sp³-hybridized carbons (Fsp3) is 0.0714. The van der Waals surface area contributed by atoms with Crippen molar-refractivity contribution in [3.63, 3.8) is 0 Å². The zero-order valence-electron chi connectivity index (χ0n) is 11.6. The topological polar surface area (TPSA) is 107 Å². The van der Waals surface area contributed by atoms with Crippen molar-refractivity contribution < 1.29 is 13.9 Å². The largest absolute Gasteiger partial charge is 0.502 e. The molecule has 0 aliphatic carbocycles. The molecule has 0 unspecified atom stereocenters. The monoisotopic (exact) mass is 334 g/mol. The normalized spacial score (nSPS) is 10.8. The summed E-state index contributed by atoms with van der Waals surface area (Å²) in [5.74, 6) is 6.02. The Kier molecular flexibility index (Phi) is 4.02. The van der Waals surface area contributed by atoms with E-state index in [1.54, 1.807) is 12.1 Å². The van der Waals surface area contributed by atoms with Crippen LogP contribution in [0.2, 0.25) is 0 Å². The van der Waals surface area contributed by atoms with Crippen LogP contribution in [0.25, 0.3) is 11.4 Å². The Labute approximate surface area is 133 Å². The van der Waals surface area contributed by atoms with E-state index in [4.69, 9.17) is 15.4 Å². The molecule has 3 N–H and O–H groups in total. The van der Waals surface area contributed by atoms with Crippen LogP contribution in [0.1, 0.15) is 5.76 Å². The molecular formula is C14H11FN4O3S. The minimum Gasteiger partial charge on any atom is -0.502 e. The lowest BCUT2D eigenvalue weighted by Gasteiger charge is -2.03. The molecule has 0 saturated heterocycles. The average Bonchev–Trinajstić information content (AvgIpc) is 2.89. The Morgan fingerprint density at radius 1 is 1.35 bits per heavy atom. The summed E-state index contributed by atoms with van der Waals surface area (Å²) in [5.41, 5.74) is -0.0236. The van der Waals surface area contributed by atoms with Gasteiger partial charge in [-0.15, -0.1) is 10.2 Å². The number of aromatic hydroxyl groups is 1. The predicted molar refractivity (Wildman–Crippen MR) is 81.8 cm³/mol. The summed E-state index contributed by atoms with van der Waals surface area (Å²) < 4.78 is 19.6. The van der Waals surface area contributed by atoms with Crippen molar-refractivity contribution in [3.05, 3.63) is 58.4 Å². The Morgan fingerprint density at radius 3 is 2.91 bits per heavy atom. The minimum absolute atomic E-state index is 0.272. The van der Waals surface area contributed by atoms with Crippen LogP contribution in [0, 0.1) is 5.82 Å². The van der Waals surface area contributed by atoms with Gasteiger partial charge in [0.05, 0.1) is 5.75 Å². The number of halogens is 1. The van der Waals surface area contributed by atoms with Gasteiger partial charge in [-0.25, -0.2) is 9.07 Å². The number of benzene rings is 1. The number of hydrogen-bond acceptors (Lipinski definition) is 7. The van der Waals surface area contributed by atoms with Crippen molar-refractivity contribution in [3.8, 4) is 17.1 Å². The molecule has 0 aliphatic rings. The highest BCUT2D eigenvalue weighted by molar-refractivity contribution is 7.98. The lowest BCUT2D eigenvalue weighted by molar-refractivity contribution is 0.419. The molecule has 7 nitrogen and oxygen atoms in total.